The molecule has 2 aromatic carbocycles. The zero-order valence-corrected chi connectivity index (χ0v) is 14.2. The second kappa shape index (κ2) is 6.39. The molecule has 25 heavy (non-hydrogen) atoms. The number of carbonyl (C=O) groups is 2. The highest BCUT2D eigenvalue weighted by Gasteiger charge is 2.42. The van der Waals surface area contributed by atoms with Crippen LogP contribution < -0.4 is 4.74 Å². The predicted octanol–water partition coefficient (Wildman–Crippen LogP) is 2.90. The number of benzene rings is 2. The van der Waals surface area contributed by atoms with Gasteiger partial charge in [-0.15, -0.1) is 0 Å². The molecule has 0 radical (unpaired) electrons. The molecular formula is C20H21NO4. The van der Waals surface area contributed by atoms with Crippen molar-refractivity contribution in [1.29, 1.82) is 0 Å². The Balaban J connectivity index is 1.38. The lowest BCUT2D eigenvalue weighted by atomic mass is 10.1. The van der Waals surface area contributed by atoms with Crippen LogP contribution in [0.25, 0.3) is 10.8 Å². The van der Waals surface area contributed by atoms with Gasteiger partial charge in [0.2, 0.25) is 5.91 Å². The number of nitrogens with zero attached hydrogens (tertiary/aromatic N) is 1. The zero-order chi connectivity index (χ0) is 17.4. The van der Waals surface area contributed by atoms with Crippen LogP contribution in [-0.4, -0.2) is 36.5 Å². The Labute approximate surface area is 146 Å². The van der Waals surface area contributed by atoms with Crippen molar-refractivity contribution >= 4 is 22.6 Å². The third-order valence-electron chi connectivity index (χ3n) is 4.97. The molecule has 0 aromatic heterocycles. The molecule has 5 heteroatoms. The summed E-state index contributed by atoms with van der Waals surface area (Å²) in [5.74, 6) is 0.311. The lowest BCUT2D eigenvalue weighted by Gasteiger charge is -2.15. The van der Waals surface area contributed by atoms with Crippen molar-refractivity contribution in [2.75, 3.05) is 13.7 Å². The Morgan fingerprint density at radius 2 is 1.92 bits per heavy atom. The Bertz CT molecular complexity index is 828. The third kappa shape index (κ3) is 3.31. The summed E-state index contributed by atoms with van der Waals surface area (Å²) in [5.41, 5.74) is 0.939. The summed E-state index contributed by atoms with van der Waals surface area (Å²) >= 11 is 0. The van der Waals surface area contributed by atoms with Crippen LogP contribution in [-0.2, 0) is 20.9 Å². The highest BCUT2D eigenvalue weighted by atomic mass is 16.5. The summed E-state index contributed by atoms with van der Waals surface area (Å²) in [4.78, 5) is 26.1. The van der Waals surface area contributed by atoms with Gasteiger partial charge in [0, 0.05) is 19.0 Å². The van der Waals surface area contributed by atoms with Gasteiger partial charge in [-0.25, -0.2) is 0 Å². The van der Waals surface area contributed by atoms with Crippen molar-refractivity contribution in [2.45, 2.75) is 31.9 Å². The summed E-state index contributed by atoms with van der Waals surface area (Å²) in [6.07, 6.45) is 2.41. The first kappa shape index (κ1) is 15.9. The van der Waals surface area contributed by atoms with Crippen molar-refractivity contribution in [3.8, 4) is 5.75 Å². The van der Waals surface area contributed by atoms with Gasteiger partial charge >= 0.3 is 5.97 Å². The van der Waals surface area contributed by atoms with Crippen LogP contribution in [0.3, 0.4) is 0 Å². The van der Waals surface area contributed by atoms with E-state index in [4.69, 9.17) is 9.47 Å². The van der Waals surface area contributed by atoms with Crippen LogP contribution >= 0.6 is 0 Å². The fraction of sp³-hybridized carbons (Fsp3) is 0.400. The smallest absolute Gasteiger partial charge is 0.311 e. The number of carbonyl (C=O) groups excluding carboxylic acids is 2. The summed E-state index contributed by atoms with van der Waals surface area (Å²) in [6.45, 7) is 0.745. The van der Waals surface area contributed by atoms with Gasteiger partial charge in [0.1, 0.15) is 12.4 Å². The maximum Gasteiger partial charge on any atom is 0.311 e. The second-order valence-corrected chi connectivity index (χ2v) is 6.83. The lowest BCUT2D eigenvalue weighted by molar-refractivity contribution is -0.149. The Morgan fingerprint density at radius 3 is 2.68 bits per heavy atom. The van der Waals surface area contributed by atoms with Gasteiger partial charge in [-0.05, 0) is 47.4 Å². The second-order valence-electron chi connectivity index (χ2n) is 6.83. The summed E-state index contributed by atoms with van der Waals surface area (Å²) in [6, 6.07) is 12.2. The SMILES string of the molecule is COc1ccc2cc(COC(=O)[C@@H]3CC(=O)N(C4CC4)C3)ccc2c1. The molecule has 130 valence electrons. The number of hydrogen-bond donors (Lipinski definition) is 0. The molecule has 2 aliphatic rings. The molecule has 0 spiro atoms. The van der Waals surface area contributed by atoms with Crippen molar-refractivity contribution in [3.63, 3.8) is 0 Å². The zero-order valence-electron chi connectivity index (χ0n) is 14.2. The molecule has 1 aliphatic heterocycles. The van der Waals surface area contributed by atoms with Gasteiger partial charge < -0.3 is 14.4 Å². The third-order valence-corrected chi connectivity index (χ3v) is 4.97. The number of ether oxygens (including phenoxy) is 2. The first-order valence-corrected chi connectivity index (χ1v) is 8.67. The van der Waals surface area contributed by atoms with Crippen LogP contribution in [0, 0.1) is 5.92 Å². The number of esters is 1. The van der Waals surface area contributed by atoms with E-state index in [1.165, 1.54) is 0 Å². The molecule has 2 aromatic rings. The van der Waals surface area contributed by atoms with Crippen molar-refractivity contribution in [2.24, 2.45) is 5.92 Å². The maximum atomic E-state index is 12.3. The molecule has 1 aliphatic carbocycles. The molecule has 4 rings (SSSR count). The molecule has 5 nitrogen and oxygen atoms in total. The molecule has 0 bridgehead atoms. The van der Waals surface area contributed by atoms with Crippen LogP contribution in [0.5, 0.6) is 5.75 Å². The number of hydrogen-bond acceptors (Lipinski definition) is 4. The molecule has 0 N–H and O–H groups in total. The molecule has 1 saturated carbocycles. The minimum atomic E-state index is -0.321. The van der Waals surface area contributed by atoms with E-state index >= 15 is 0 Å². The first-order chi connectivity index (χ1) is 12.1. The minimum Gasteiger partial charge on any atom is -0.497 e. The van der Waals surface area contributed by atoms with E-state index in [9.17, 15) is 9.59 Å². The number of likely N-dealkylation sites (tertiary alicyclic amines) is 1. The van der Waals surface area contributed by atoms with E-state index in [0.717, 1.165) is 34.9 Å². The van der Waals surface area contributed by atoms with Gasteiger partial charge in [-0.3, -0.25) is 9.59 Å². The van der Waals surface area contributed by atoms with Crippen molar-refractivity contribution in [1.82, 2.24) is 4.90 Å². The molecule has 1 heterocycles. The van der Waals surface area contributed by atoms with Crippen LogP contribution in [0.4, 0.5) is 0 Å². The van der Waals surface area contributed by atoms with E-state index in [0.29, 0.717) is 12.6 Å². The average molecular weight is 339 g/mol. The van der Waals surface area contributed by atoms with Gasteiger partial charge in [0.25, 0.3) is 0 Å². The first-order valence-electron chi connectivity index (χ1n) is 8.67. The van der Waals surface area contributed by atoms with Crippen LogP contribution in [0.1, 0.15) is 24.8 Å². The van der Waals surface area contributed by atoms with E-state index < -0.39 is 0 Å². The molecule has 1 atom stereocenters. The normalized spacial score (nSPS) is 20.1. The number of methoxy groups -OCH3 is 1. The van der Waals surface area contributed by atoms with Crippen molar-refractivity contribution < 1.29 is 19.1 Å². The quantitative estimate of drug-likeness (QED) is 0.786. The van der Waals surface area contributed by atoms with Gasteiger partial charge in [0.05, 0.1) is 13.0 Å². The molecular weight excluding hydrogens is 318 g/mol. The van der Waals surface area contributed by atoms with E-state index in [-0.39, 0.29) is 30.8 Å². The summed E-state index contributed by atoms with van der Waals surface area (Å²) in [5, 5.41) is 2.15. The number of fused-ring (bicyclic) bond motifs is 1. The maximum absolute atomic E-state index is 12.3. The fourth-order valence-electron chi connectivity index (χ4n) is 3.39. The van der Waals surface area contributed by atoms with E-state index in [1.807, 2.05) is 41.3 Å². The van der Waals surface area contributed by atoms with Crippen molar-refractivity contribution in [3.05, 3.63) is 42.0 Å². The number of rotatable bonds is 5. The monoisotopic (exact) mass is 339 g/mol. The van der Waals surface area contributed by atoms with Gasteiger partial charge in [0.15, 0.2) is 0 Å². The van der Waals surface area contributed by atoms with Gasteiger partial charge in [-0.2, -0.15) is 0 Å². The lowest BCUT2D eigenvalue weighted by Crippen LogP contribution is -2.28. The van der Waals surface area contributed by atoms with Crippen LogP contribution in [0.15, 0.2) is 36.4 Å². The predicted molar refractivity (Wildman–Crippen MR) is 93.1 cm³/mol. The fourth-order valence-corrected chi connectivity index (χ4v) is 3.39. The van der Waals surface area contributed by atoms with Gasteiger partial charge in [-0.1, -0.05) is 18.2 Å². The molecule has 2 fully saturated rings. The Kier molecular flexibility index (Phi) is 4.07. The largest absolute Gasteiger partial charge is 0.497 e. The molecule has 1 amide bonds. The van der Waals surface area contributed by atoms with E-state index in [2.05, 4.69) is 0 Å². The standard InChI is InChI=1S/C20H21NO4/c1-24-18-7-4-14-8-13(2-3-15(14)9-18)12-25-20(23)16-10-19(22)21(11-16)17-5-6-17/h2-4,7-9,16-17H,5-6,10-12H2,1H3/t16-/m1/s1. The number of amides is 1. The Hall–Kier alpha value is -2.56. The molecule has 1 saturated heterocycles. The van der Waals surface area contributed by atoms with Crippen LogP contribution in [0.2, 0.25) is 0 Å². The summed E-state index contributed by atoms with van der Waals surface area (Å²) < 4.78 is 10.7. The highest BCUT2D eigenvalue weighted by Crippen LogP contribution is 2.33. The summed E-state index contributed by atoms with van der Waals surface area (Å²) in [7, 11) is 1.65. The Morgan fingerprint density at radius 1 is 1.16 bits per heavy atom. The van der Waals surface area contributed by atoms with E-state index in [1.54, 1.807) is 7.11 Å². The topological polar surface area (TPSA) is 55.8 Å². The minimum absolute atomic E-state index is 0.0871. The highest BCUT2D eigenvalue weighted by molar-refractivity contribution is 5.87. The average Bonchev–Trinajstić information content (AvgIpc) is 3.40. The molecule has 0 unspecified atom stereocenters.